The molecule has 0 spiro atoms. The Bertz CT molecular complexity index is 259. The van der Waals surface area contributed by atoms with Crippen LogP contribution in [-0.2, 0) is 4.79 Å². The molecule has 0 unspecified atom stereocenters. The normalized spacial score (nSPS) is 11.2. The van der Waals surface area contributed by atoms with Gasteiger partial charge in [-0.15, -0.1) is 0 Å². The minimum Gasteiger partial charge on any atom is -0.325 e. The topological polar surface area (TPSA) is 29.1 Å². The molecule has 12 heavy (non-hydrogen) atoms. The lowest BCUT2D eigenvalue weighted by atomic mass is 9.96. The van der Waals surface area contributed by atoms with Gasteiger partial charge in [0.25, 0.3) is 0 Å². The van der Waals surface area contributed by atoms with Crippen molar-refractivity contribution >= 4 is 22.9 Å². The van der Waals surface area contributed by atoms with Gasteiger partial charge in [0.05, 0.1) is 5.69 Å². The molecule has 1 amide bonds. The Labute approximate surface area is 76.6 Å². The van der Waals surface area contributed by atoms with E-state index in [4.69, 9.17) is 0 Å². The van der Waals surface area contributed by atoms with Crippen molar-refractivity contribution in [2.24, 2.45) is 5.41 Å². The van der Waals surface area contributed by atoms with Crippen molar-refractivity contribution in [3.63, 3.8) is 0 Å². The van der Waals surface area contributed by atoms with Crippen molar-refractivity contribution in [1.82, 2.24) is 0 Å². The number of carbonyl (C=O) groups is 1. The third-order valence-electron chi connectivity index (χ3n) is 1.46. The number of hydrogen-bond donors (Lipinski definition) is 1. The van der Waals surface area contributed by atoms with Crippen LogP contribution >= 0.6 is 11.3 Å². The fourth-order valence-electron chi connectivity index (χ4n) is 0.654. The Morgan fingerprint density at radius 2 is 2.17 bits per heavy atom. The lowest BCUT2D eigenvalue weighted by molar-refractivity contribution is -0.123. The van der Waals surface area contributed by atoms with Gasteiger partial charge in [-0.05, 0) is 11.4 Å². The van der Waals surface area contributed by atoms with Crippen molar-refractivity contribution in [3.8, 4) is 0 Å². The third kappa shape index (κ3) is 2.34. The van der Waals surface area contributed by atoms with E-state index in [1.165, 1.54) is 0 Å². The second-order valence-electron chi connectivity index (χ2n) is 3.72. The van der Waals surface area contributed by atoms with Crippen LogP contribution in [0.4, 0.5) is 5.69 Å². The summed E-state index contributed by atoms with van der Waals surface area (Å²) in [6.45, 7) is 5.69. The van der Waals surface area contributed by atoms with E-state index in [0.29, 0.717) is 0 Å². The molecule has 0 aromatic carbocycles. The Balaban J connectivity index is 2.60. The molecule has 0 radical (unpaired) electrons. The van der Waals surface area contributed by atoms with Crippen molar-refractivity contribution < 1.29 is 4.79 Å². The maximum absolute atomic E-state index is 11.4. The van der Waals surface area contributed by atoms with Gasteiger partial charge in [-0.2, -0.15) is 11.3 Å². The van der Waals surface area contributed by atoms with E-state index in [0.717, 1.165) is 5.69 Å². The van der Waals surface area contributed by atoms with Gasteiger partial charge in [-0.1, -0.05) is 20.8 Å². The van der Waals surface area contributed by atoms with Crippen LogP contribution in [0.1, 0.15) is 20.8 Å². The van der Waals surface area contributed by atoms with Gasteiger partial charge in [0, 0.05) is 10.8 Å². The van der Waals surface area contributed by atoms with Crippen LogP contribution in [0.2, 0.25) is 0 Å². The summed E-state index contributed by atoms with van der Waals surface area (Å²) in [6.07, 6.45) is 0. The van der Waals surface area contributed by atoms with Crippen molar-refractivity contribution in [3.05, 3.63) is 16.8 Å². The lowest BCUT2D eigenvalue weighted by Gasteiger charge is -2.16. The number of rotatable bonds is 1. The van der Waals surface area contributed by atoms with Crippen LogP contribution in [0, 0.1) is 5.41 Å². The first kappa shape index (κ1) is 9.26. The van der Waals surface area contributed by atoms with Gasteiger partial charge in [-0.3, -0.25) is 4.79 Å². The van der Waals surface area contributed by atoms with Crippen LogP contribution in [-0.4, -0.2) is 5.91 Å². The summed E-state index contributed by atoms with van der Waals surface area (Å²) < 4.78 is 0. The molecule has 0 fully saturated rings. The van der Waals surface area contributed by atoms with Gasteiger partial charge in [0.1, 0.15) is 0 Å². The number of amides is 1. The molecule has 1 rings (SSSR count). The van der Waals surface area contributed by atoms with E-state index >= 15 is 0 Å². The molecule has 0 saturated carbocycles. The second-order valence-corrected chi connectivity index (χ2v) is 4.50. The van der Waals surface area contributed by atoms with Gasteiger partial charge >= 0.3 is 0 Å². The Hall–Kier alpha value is -0.830. The summed E-state index contributed by atoms with van der Waals surface area (Å²) in [5, 5.41) is 6.70. The molecule has 0 aliphatic carbocycles. The minimum absolute atomic E-state index is 0.0564. The monoisotopic (exact) mass is 183 g/mol. The maximum atomic E-state index is 11.4. The molecule has 0 saturated heterocycles. The molecule has 0 atom stereocenters. The minimum atomic E-state index is -0.318. The van der Waals surface area contributed by atoms with Crippen molar-refractivity contribution in [2.75, 3.05) is 5.32 Å². The van der Waals surface area contributed by atoms with E-state index in [1.54, 1.807) is 11.3 Å². The standard InChI is InChI=1S/C9H13NOS/c1-9(2,3)8(11)10-7-4-5-12-6-7/h4-6H,1-3H3,(H,10,11). The Morgan fingerprint density at radius 1 is 1.50 bits per heavy atom. The average molecular weight is 183 g/mol. The SMILES string of the molecule is CC(C)(C)C(=O)Nc1ccsc1. The van der Waals surface area contributed by atoms with E-state index in [1.807, 2.05) is 37.6 Å². The average Bonchev–Trinajstić information content (AvgIpc) is 2.37. The molecular weight excluding hydrogens is 170 g/mol. The molecule has 0 aliphatic rings. The van der Waals surface area contributed by atoms with Crippen molar-refractivity contribution in [2.45, 2.75) is 20.8 Å². The highest BCUT2D eigenvalue weighted by molar-refractivity contribution is 7.08. The number of nitrogens with one attached hydrogen (secondary N) is 1. The van der Waals surface area contributed by atoms with E-state index < -0.39 is 0 Å². The predicted molar refractivity (Wildman–Crippen MR) is 52.4 cm³/mol. The predicted octanol–water partition coefficient (Wildman–Crippen LogP) is 2.73. The summed E-state index contributed by atoms with van der Waals surface area (Å²) in [5.41, 5.74) is 0.571. The molecule has 2 nitrogen and oxygen atoms in total. The molecule has 3 heteroatoms. The van der Waals surface area contributed by atoms with Crippen LogP contribution in [0.3, 0.4) is 0 Å². The zero-order valence-electron chi connectivity index (χ0n) is 7.55. The largest absolute Gasteiger partial charge is 0.325 e. The van der Waals surface area contributed by atoms with Gasteiger partial charge < -0.3 is 5.32 Å². The highest BCUT2D eigenvalue weighted by Crippen LogP contribution is 2.18. The number of thiophene rings is 1. The zero-order chi connectivity index (χ0) is 9.19. The molecule has 1 aromatic rings. The molecule has 0 bridgehead atoms. The first-order valence-electron chi connectivity index (χ1n) is 3.84. The molecule has 1 aromatic heterocycles. The van der Waals surface area contributed by atoms with E-state index in [2.05, 4.69) is 5.32 Å². The van der Waals surface area contributed by atoms with Crippen LogP contribution in [0.15, 0.2) is 16.8 Å². The number of carbonyl (C=O) groups excluding carboxylic acids is 1. The smallest absolute Gasteiger partial charge is 0.229 e. The fraction of sp³-hybridized carbons (Fsp3) is 0.444. The number of hydrogen-bond acceptors (Lipinski definition) is 2. The fourth-order valence-corrected chi connectivity index (χ4v) is 1.24. The van der Waals surface area contributed by atoms with Crippen molar-refractivity contribution in [1.29, 1.82) is 0 Å². The van der Waals surface area contributed by atoms with Gasteiger partial charge in [-0.25, -0.2) is 0 Å². The summed E-state index contributed by atoms with van der Waals surface area (Å²) in [5.74, 6) is 0.0564. The summed E-state index contributed by atoms with van der Waals surface area (Å²) >= 11 is 1.58. The maximum Gasteiger partial charge on any atom is 0.229 e. The number of anilines is 1. The summed E-state index contributed by atoms with van der Waals surface area (Å²) in [7, 11) is 0. The van der Waals surface area contributed by atoms with Crippen LogP contribution < -0.4 is 5.32 Å². The molecule has 0 aliphatic heterocycles. The highest BCUT2D eigenvalue weighted by Gasteiger charge is 2.20. The van der Waals surface area contributed by atoms with Crippen LogP contribution in [0.5, 0.6) is 0 Å². The lowest BCUT2D eigenvalue weighted by Crippen LogP contribution is -2.27. The summed E-state index contributed by atoms with van der Waals surface area (Å²) in [6, 6.07) is 1.90. The highest BCUT2D eigenvalue weighted by atomic mass is 32.1. The second kappa shape index (κ2) is 3.27. The molecule has 1 heterocycles. The third-order valence-corrected chi connectivity index (χ3v) is 2.14. The molecule has 66 valence electrons. The van der Waals surface area contributed by atoms with E-state index in [9.17, 15) is 4.79 Å². The first-order valence-corrected chi connectivity index (χ1v) is 4.78. The molecule has 1 N–H and O–H groups in total. The Morgan fingerprint density at radius 3 is 2.58 bits per heavy atom. The quantitative estimate of drug-likeness (QED) is 0.712. The van der Waals surface area contributed by atoms with E-state index in [-0.39, 0.29) is 11.3 Å². The van der Waals surface area contributed by atoms with Gasteiger partial charge in [0.2, 0.25) is 5.91 Å². The van der Waals surface area contributed by atoms with Crippen LogP contribution in [0.25, 0.3) is 0 Å². The van der Waals surface area contributed by atoms with Gasteiger partial charge in [0.15, 0.2) is 0 Å². The molecular formula is C9H13NOS. The Kier molecular flexibility index (Phi) is 2.52. The zero-order valence-corrected chi connectivity index (χ0v) is 8.37. The summed E-state index contributed by atoms with van der Waals surface area (Å²) in [4.78, 5) is 11.4. The first-order chi connectivity index (χ1) is 5.50.